The highest BCUT2D eigenvalue weighted by Crippen LogP contribution is 2.39. The van der Waals surface area contributed by atoms with E-state index in [1.54, 1.807) is 6.07 Å². The lowest BCUT2D eigenvalue weighted by Gasteiger charge is -2.16. The van der Waals surface area contributed by atoms with Crippen LogP contribution in [-0.4, -0.2) is 32.5 Å². The number of rotatable bonds is 10. The van der Waals surface area contributed by atoms with Crippen LogP contribution in [0.2, 0.25) is 5.02 Å². The van der Waals surface area contributed by atoms with Crippen LogP contribution in [0.1, 0.15) is 50.0 Å². The number of aromatic nitrogens is 3. The summed E-state index contributed by atoms with van der Waals surface area (Å²) in [6.45, 7) is 4.89. The Balaban J connectivity index is 1.36. The van der Waals surface area contributed by atoms with E-state index in [1.807, 2.05) is 43.3 Å². The van der Waals surface area contributed by atoms with Crippen LogP contribution in [0, 0.1) is 0 Å². The highest BCUT2D eigenvalue weighted by molar-refractivity contribution is 8.00. The van der Waals surface area contributed by atoms with Crippen LogP contribution in [0.15, 0.2) is 59.8 Å². The first-order chi connectivity index (χ1) is 15.5. The summed E-state index contributed by atoms with van der Waals surface area (Å²) in [5.41, 5.74) is 1.21. The molecule has 2 atom stereocenters. The normalized spacial score (nSPS) is 15.2. The zero-order chi connectivity index (χ0) is 22.5. The van der Waals surface area contributed by atoms with Gasteiger partial charge in [-0.15, -0.1) is 10.2 Å². The number of carbonyl (C=O) groups is 1. The predicted octanol–water partition coefficient (Wildman–Crippen LogP) is 5.25. The first-order valence-corrected chi connectivity index (χ1v) is 12.1. The number of hydrogen-bond donors (Lipinski definition) is 1. The molecule has 1 aromatic heterocycles. The second-order valence-corrected chi connectivity index (χ2v) is 9.75. The lowest BCUT2D eigenvalue weighted by atomic mass is 10.0. The zero-order valence-electron chi connectivity index (χ0n) is 18.2. The standard InChI is InChI=1S/C24H27ClN4O2S/c1-16(18-8-4-3-5-9-18)14-26-23(30)17(2)32-24-28-27-22(29(24)19-12-13-19)15-31-21-11-7-6-10-20(21)25/h3-11,16-17,19H,12-15H2,1-2H3,(H,26,30). The molecule has 2 aromatic carbocycles. The van der Waals surface area contributed by atoms with Crippen LogP contribution in [0.4, 0.5) is 0 Å². The van der Waals surface area contributed by atoms with Crippen LogP contribution in [0.25, 0.3) is 0 Å². The van der Waals surface area contributed by atoms with Crippen LogP contribution in [0.3, 0.4) is 0 Å². The summed E-state index contributed by atoms with van der Waals surface area (Å²) < 4.78 is 7.98. The van der Waals surface area contributed by atoms with Crippen LogP contribution >= 0.6 is 23.4 Å². The molecule has 1 saturated carbocycles. The average Bonchev–Trinajstić information content (AvgIpc) is 3.58. The van der Waals surface area contributed by atoms with Gasteiger partial charge in [0.25, 0.3) is 0 Å². The number of ether oxygens (including phenoxy) is 1. The van der Waals surface area contributed by atoms with Gasteiger partial charge in [0.15, 0.2) is 11.0 Å². The third-order valence-corrected chi connectivity index (χ3v) is 6.81. The van der Waals surface area contributed by atoms with E-state index >= 15 is 0 Å². The van der Waals surface area contributed by atoms with Gasteiger partial charge in [0, 0.05) is 12.6 Å². The van der Waals surface area contributed by atoms with Gasteiger partial charge in [-0.2, -0.15) is 0 Å². The number of nitrogens with zero attached hydrogens (tertiary/aromatic N) is 3. The molecule has 1 aliphatic carbocycles. The number of carbonyl (C=O) groups excluding carboxylic acids is 1. The van der Waals surface area contributed by atoms with Crippen LogP contribution in [0.5, 0.6) is 5.75 Å². The Bertz CT molecular complexity index is 1060. The summed E-state index contributed by atoms with van der Waals surface area (Å²) in [6.07, 6.45) is 2.17. The number of hydrogen-bond acceptors (Lipinski definition) is 5. The highest BCUT2D eigenvalue weighted by Gasteiger charge is 2.31. The summed E-state index contributed by atoms with van der Waals surface area (Å²) in [4.78, 5) is 12.7. The Hall–Kier alpha value is -2.51. The predicted molar refractivity (Wildman–Crippen MR) is 127 cm³/mol. The minimum absolute atomic E-state index is 0.00278. The molecular formula is C24H27ClN4O2S. The van der Waals surface area contributed by atoms with E-state index in [9.17, 15) is 4.79 Å². The third-order valence-electron chi connectivity index (χ3n) is 5.44. The highest BCUT2D eigenvalue weighted by atomic mass is 35.5. The molecule has 0 saturated heterocycles. The topological polar surface area (TPSA) is 69.0 Å². The number of halogens is 1. The molecule has 0 spiro atoms. The first-order valence-electron chi connectivity index (χ1n) is 10.8. The molecule has 0 radical (unpaired) electrons. The van der Waals surface area contributed by atoms with Crippen molar-refractivity contribution in [2.24, 2.45) is 0 Å². The van der Waals surface area contributed by atoms with Crippen molar-refractivity contribution in [2.45, 2.75) is 55.7 Å². The lowest BCUT2D eigenvalue weighted by molar-refractivity contribution is -0.120. The summed E-state index contributed by atoms with van der Waals surface area (Å²) in [5, 5.41) is 12.8. The van der Waals surface area contributed by atoms with Crippen molar-refractivity contribution in [2.75, 3.05) is 6.54 Å². The van der Waals surface area contributed by atoms with Crippen molar-refractivity contribution >= 4 is 29.3 Å². The van der Waals surface area contributed by atoms with Crippen molar-refractivity contribution in [3.8, 4) is 5.75 Å². The van der Waals surface area contributed by atoms with E-state index < -0.39 is 0 Å². The SMILES string of the molecule is CC(Sc1nnc(COc2ccccc2Cl)n1C1CC1)C(=O)NCC(C)c1ccccc1. The third kappa shape index (κ3) is 5.64. The van der Waals surface area contributed by atoms with Gasteiger partial charge in [0.2, 0.25) is 5.91 Å². The van der Waals surface area contributed by atoms with Crippen LogP contribution < -0.4 is 10.1 Å². The fraction of sp³-hybridized carbons (Fsp3) is 0.375. The summed E-state index contributed by atoms with van der Waals surface area (Å²) in [6, 6.07) is 17.9. The molecule has 4 rings (SSSR count). The van der Waals surface area contributed by atoms with Crippen molar-refractivity contribution in [1.29, 1.82) is 0 Å². The van der Waals surface area contributed by atoms with Crippen molar-refractivity contribution in [3.05, 3.63) is 71.0 Å². The molecule has 1 fully saturated rings. The Morgan fingerprint density at radius 3 is 2.59 bits per heavy atom. The van der Waals surface area contributed by atoms with E-state index in [-0.39, 0.29) is 23.7 Å². The molecule has 2 unspecified atom stereocenters. The second kappa shape index (κ2) is 10.4. The molecule has 1 heterocycles. The van der Waals surface area contributed by atoms with Crippen molar-refractivity contribution in [1.82, 2.24) is 20.1 Å². The van der Waals surface area contributed by atoms with Crippen LogP contribution in [-0.2, 0) is 11.4 Å². The molecule has 0 bridgehead atoms. The fourth-order valence-electron chi connectivity index (χ4n) is 3.40. The molecule has 168 valence electrons. The van der Waals surface area contributed by atoms with Gasteiger partial charge in [0.1, 0.15) is 12.4 Å². The Labute approximate surface area is 197 Å². The summed E-state index contributed by atoms with van der Waals surface area (Å²) >= 11 is 7.62. The van der Waals surface area contributed by atoms with E-state index in [1.165, 1.54) is 17.3 Å². The summed E-state index contributed by atoms with van der Waals surface area (Å²) in [5.74, 6) is 1.62. The number of benzene rings is 2. The van der Waals surface area contributed by atoms with Gasteiger partial charge in [-0.3, -0.25) is 9.36 Å². The second-order valence-electron chi connectivity index (χ2n) is 8.04. The van der Waals surface area contributed by atoms with E-state index in [0.29, 0.717) is 23.4 Å². The van der Waals surface area contributed by atoms with Gasteiger partial charge in [-0.25, -0.2) is 0 Å². The molecule has 0 aliphatic heterocycles. The molecule has 6 nitrogen and oxygen atoms in total. The minimum atomic E-state index is -0.281. The molecule has 1 aliphatic rings. The number of amides is 1. The molecule has 3 aromatic rings. The molecule has 8 heteroatoms. The van der Waals surface area contributed by atoms with Gasteiger partial charge in [-0.1, -0.05) is 72.8 Å². The van der Waals surface area contributed by atoms with Gasteiger partial charge in [0.05, 0.1) is 10.3 Å². The Morgan fingerprint density at radius 2 is 1.88 bits per heavy atom. The van der Waals surface area contributed by atoms with E-state index in [2.05, 4.69) is 39.1 Å². The fourth-order valence-corrected chi connectivity index (χ4v) is 4.55. The maximum absolute atomic E-state index is 12.7. The maximum Gasteiger partial charge on any atom is 0.233 e. The monoisotopic (exact) mass is 470 g/mol. The average molecular weight is 471 g/mol. The quantitative estimate of drug-likeness (QED) is 0.410. The lowest BCUT2D eigenvalue weighted by Crippen LogP contribution is -2.33. The number of nitrogens with one attached hydrogen (secondary N) is 1. The molecular weight excluding hydrogens is 444 g/mol. The zero-order valence-corrected chi connectivity index (χ0v) is 19.8. The summed E-state index contributed by atoms with van der Waals surface area (Å²) in [7, 11) is 0. The van der Waals surface area contributed by atoms with Gasteiger partial charge >= 0.3 is 0 Å². The van der Waals surface area contributed by atoms with Gasteiger partial charge < -0.3 is 10.1 Å². The Morgan fingerprint density at radius 1 is 1.16 bits per heavy atom. The Kier molecular flexibility index (Phi) is 7.37. The first kappa shape index (κ1) is 22.7. The maximum atomic E-state index is 12.7. The molecule has 1 N–H and O–H groups in total. The largest absolute Gasteiger partial charge is 0.484 e. The molecule has 32 heavy (non-hydrogen) atoms. The van der Waals surface area contributed by atoms with Crippen molar-refractivity contribution in [3.63, 3.8) is 0 Å². The van der Waals surface area contributed by atoms with Gasteiger partial charge in [-0.05, 0) is 43.4 Å². The molecule has 1 amide bonds. The smallest absolute Gasteiger partial charge is 0.233 e. The minimum Gasteiger partial charge on any atom is -0.484 e. The van der Waals surface area contributed by atoms with E-state index in [0.717, 1.165) is 23.8 Å². The number of thioether (sulfide) groups is 1. The van der Waals surface area contributed by atoms with Crippen molar-refractivity contribution < 1.29 is 9.53 Å². The number of para-hydroxylation sites is 1. The van der Waals surface area contributed by atoms with E-state index in [4.69, 9.17) is 16.3 Å².